The van der Waals surface area contributed by atoms with Gasteiger partial charge in [0.15, 0.2) is 5.69 Å². The maximum absolute atomic E-state index is 12.5. The molecule has 2 aromatic rings. The molecule has 0 bridgehead atoms. The molecular weight excluding hydrogens is 342 g/mol. The summed E-state index contributed by atoms with van der Waals surface area (Å²) in [5.74, 6) is 0.670. The lowest BCUT2D eigenvalue weighted by Gasteiger charge is -2.15. The summed E-state index contributed by atoms with van der Waals surface area (Å²) < 4.78 is 7.30. The predicted octanol–water partition coefficient (Wildman–Crippen LogP) is 2.08. The molecule has 1 aromatic carbocycles. The Morgan fingerprint density at radius 3 is 2.52 bits per heavy atom. The van der Waals surface area contributed by atoms with Gasteiger partial charge in [-0.1, -0.05) is 5.21 Å². The van der Waals surface area contributed by atoms with Gasteiger partial charge in [0, 0.05) is 20.1 Å². The van der Waals surface area contributed by atoms with Gasteiger partial charge in [-0.3, -0.25) is 4.79 Å². The number of ether oxygens (including phenoxy) is 1. The van der Waals surface area contributed by atoms with Crippen LogP contribution in [0.2, 0.25) is 0 Å². The van der Waals surface area contributed by atoms with E-state index in [1.807, 2.05) is 52.1 Å². The van der Waals surface area contributed by atoms with Crippen molar-refractivity contribution in [2.45, 2.75) is 26.9 Å². The summed E-state index contributed by atoms with van der Waals surface area (Å²) in [6.45, 7) is 7.16. The second-order valence-electron chi connectivity index (χ2n) is 5.93. The Balaban J connectivity index is 0.00000312. The number of amides is 1. The Morgan fingerprint density at radius 1 is 1.32 bits per heavy atom. The van der Waals surface area contributed by atoms with Crippen LogP contribution in [0.1, 0.15) is 30.0 Å². The minimum absolute atomic E-state index is 0. The zero-order chi connectivity index (χ0) is 17.7. The first-order valence-electron chi connectivity index (χ1n) is 8.03. The van der Waals surface area contributed by atoms with E-state index in [2.05, 4.69) is 15.6 Å². The summed E-state index contributed by atoms with van der Waals surface area (Å²) >= 11 is 0. The van der Waals surface area contributed by atoms with Crippen molar-refractivity contribution < 1.29 is 9.53 Å². The Morgan fingerprint density at radius 2 is 1.96 bits per heavy atom. The van der Waals surface area contributed by atoms with E-state index in [9.17, 15) is 4.79 Å². The summed E-state index contributed by atoms with van der Waals surface area (Å²) in [6.07, 6.45) is 0.126. The molecule has 8 heteroatoms. The van der Waals surface area contributed by atoms with Crippen molar-refractivity contribution in [3.05, 3.63) is 35.7 Å². The molecule has 1 heterocycles. The zero-order valence-electron chi connectivity index (χ0n) is 15.3. The van der Waals surface area contributed by atoms with Crippen LogP contribution in [0.15, 0.2) is 24.3 Å². The number of benzene rings is 1. The van der Waals surface area contributed by atoms with Gasteiger partial charge < -0.3 is 15.0 Å². The number of nitrogens with zero attached hydrogens (tertiary/aromatic N) is 4. The van der Waals surface area contributed by atoms with Gasteiger partial charge in [-0.2, -0.15) is 0 Å². The summed E-state index contributed by atoms with van der Waals surface area (Å²) in [5.41, 5.74) is 1.93. The second kappa shape index (κ2) is 9.39. The molecule has 138 valence electrons. The number of hydrogen-bond acceptors (Lipinski definition) is 5. The van der Waals surface area contributed by atoms with Crippen LogP contribution in [-0.4, -0.2) is 59.1 Å². The van der Waals surface area contributed by atoms with E-state index in [0.717, 1.165) is 18.0 Å². The molecule has 0 saturated carbocycles. The summed E-state index contributed by atoms with van der Waals surface area (Å²) in [4.78, 5) is 14.1. The monoisotopic (exact) mass is 367 g/mol. The smallest absolute Gasteiger partial charge is 0.276 e. The van der Waals surface area contributed by atoms with Crippen molar-refractivity contribution in [1.29, 1.82) is 0 Å². The molecule has 0 aliphatic heterocycles. The SMILES string of the molecule is CNCCN(C)C(=O)c1nnn(-c2ccc(OC(C)C)cc2)c1C.Cl. The maximum Gasteiger partial charge on any atom is 0.276 e. The highest BCUT2D eigenvalue weighted by molar-refractivity contribution is 5.93. The standard InChI is InChI=1S/C17H25N5O2.ClH/c1-12(2)24-15-8-6-14(7-9-15)22-13(3)16(19-20-22)17(23)21(5)11-10-18-4;/h6-9,12,18H,10-11H2,1-5H3;1H. The van der Waals surface area contributed by atoms with Gasteiger partial charge in [-0.05, 0) is 52.1 Å². The fourth-order valence-corrected chi connectivity index (χ4v) is 2.27. The first-order valence-corrected chi connectivity index (χ1v) is 8.03. The zero-order valence-corrected chi connectivity index (χ0v) is 16.1. The highest BCUT2D eigenvalue weighted by atomic mass is 35.5. The van der Waals surface area contributed by atoms with E-state index >= 15 is 0 Å². The largest absolute Gasteiger partial charge is 0.491 e. The number of aromatic nitrogens is 3. The molecular formula is C17H26ClN5O2. The van der Waals surface area contributed by atoms with Gasteiger partial charge in [-0.15, -0.1) is 17.5 Å². The van der Waals surface area contributed by atoms with Crippen molar-refractivity contribution in [3.8, 4) is 11.4 Å². The van der Waals surface area contributed by atoms with Gasteiger partial charge in [0.2, 0.25) is 0 Å². The number of rotatable bonds is 7. The topological polar surface area (TPSA) is 72.3 Å². The quantitative estimate of drug-likeness (QED) is 0.811. The highest BCUT2D eigenvalue weighted by Gasteiger charge is 2.20. The van der Waals surface area contributed by atoms with Crippen LogP contribution in [0.5, 0.6) is 5.75 Å². The molecule has 1 amide bonds. The number of likely N-dealkylation sites (N-methyl/N-ethyl adjacent to an activating group) is 2. The normalized spacial score (nSPS) is 10.5. The molecule has 0 saturated heterocycles. The molecule has 2 rings (SSSR count). The fraction of sp³-hybridized carbons (Fsp3) is 0.471. The maximum atomic E-state index is 12.5. The molecule has 0 aliphatic carbocycles. The molecule has 1 aromatic heterocycles. The predicted molar refractivity (Wildman–Crippen MR) is 100.0 cm³/mol. The summed E-state index contributed by atoms with van der Waals surface area (Å²) in [7, 11) is 3.61. The number of hydrogen-bond donors (Lipinski definition) is 1. The number of halogens is 1. The lowest BCUT2D eigenvalue weighted by atomic mass is 10.2. The summed E-state index contributed by atoms with van der Waals surface area (Å²) in [5, 5.41) is 11.2. The first kappa shape index (κ1) is 20.9. The van der Waals surface area contributed by atoms with Gasteiger partial charge in [0.05, 0.1) is 17.5 Å². The molecule has 0 aliphatic rings. The van der Waals surface area contributed by atoms with Gasteiger partial charge >= 0.3 is 0 Å². The van der Waals surface area contributed by atoms with Crippen LogP contribution in [-0.2, 0) is 0 Å². The Hall–Kier alpha value is -2.12. The molecule has 0 unspecified atom stereocenters. The minimum atomic E-state index is -0.131. The van der Waals surface area contributed by atoms with E-state index in [-0.39, 0.29) is 24.4 Å². The third-order valence-electron chi connectivity index (χ3n) is 3.59. The van der Waals surface area contributed by atoms with E-state index in [0.29, 0.717) is 17.9 Å². The van der Waals surface area contributed by atoms with Crippen molar-refractivity contribution in [2.24, 2.45) is 0 Å². The van der Waals surface area contributed by atoms with Gasteiger partial charge in [0.25, 0.3) is 5.91 Å². The van der Waals surface area contributed by atoms with Crippen LogP contribution in [0.25, 0.3) is 5.69 Å². The Bertz CT molecular complexity index is 685. The second-order valence-corrected chi connectivity index (χ2v) is 5.93. The van der Waals surface area contributed by atoms with Crippen LogP contribution in [0, 0.1) is 6.92 Å². The third-order valence-corrected chi connectivity index (χ3v) is 3.59. The van der Waals surface area contributed by atoms with E-state index in [1.165, 1.54) is 0 Å². The van der Waals surface area contributed by atoms with E-state index < -0.39 is 0 Å². The number of carbonyl (C=O) groups is 1. The van der Waals surface area contributed by atoms with Crippen molar-refractivity contribution in [2.75, 3.05) is 27.2 Å². The highest BCUT2D eigenvalue weighted by Crippen LogP contribution is 2.18. The van der Waals surface area contributed by atoms with Crippen molar-refractivity contribution >= 4 is 18.3 Å². The summed E-state index contributed by atoms with van der Waals surface area (Å²) in [6, 6.07) is 7.57. The lowest BCUT2D eigenvalue weighted by Crippen LogP contribution is -2.33. The lowest BCUT2D eigenvalue weighted by molar-refractivity contribution is 0.0790. The number of carbonyl (C=O) groups excluding carboxylic acids is 1. The average molecular weight is 368 g/mol. The molecule has 1 N–H and O–H groups in total. The van der Waals surface area contributed by atoms with Crippen LogP contribution in [0.3, 0.4) is 0 Å². The molecule has 0 fully saturated rings. The Kier molecular flexibility index (Phi) is 7.86. The minimum Gasteiger partial charge on any atom is -0.491 e. The van der Waals surface area contributed by atoms with Crippen molar-refractivity contribution in [3.63, 3.8) is 0 Å². The third kappa shape index (κ3) is 5.17. The molecule has 0 spiro atoms. The van der Waals surface area contributed by atoms with Crippen molar-refractivity contribution in [1.82, 2.24) is 25.2 Å². The van der Waals surface area contributed by atoms with Gasteiger partial charge in [0.1, 0.15) is 5.75 Å². The first-order chi connectivity index (χ1) is 11.4. The average Bonchev–Trinajstić information content (AvgIpc) is 2.93. The van der Waals surface area contributed by atoms with Crippen LogP contribution >= 0.6 is 12.4 Å². The molecule has 0 atom stereocenters. The molecule has 25 heavy (non-hydrogen) atoms. The van der Waals surface area contributed by atoms with Crippen LogP contribution in [0.4, 0.5) is 0 Å². The molecule has 7 nitrogen and oxygen atoms in total. The molecule has 0 radical (unpaired) electrons. The van der Waals surface area contributed by atoms with Crippen LogP contribution < -0.4 is 10.1 Å². The number of nitrogens with one attached hydrogen (secondary N) is 1. The van der Waals surface area contributed by atoms with E-state index in [4.69, 9.17) is 4.74 Å². The Labute approximate surface area is 154 Å². The van der Waals surface area contributed by atoms with E-state index in [1.54, 1.807) is 16.6 Å². The van der Waals surface area contributed by atoms with Gasteiger partial charge in [-0.25, -0.2) is 4.68 Å². The fourth-order valence-electron chi connectivity index (χ4n) is 2.27.